The van der Waals surface area contributed by atoms with Crippen LogP contribution in [0.3, 0.4) is 0 Å². The summed E-state index contributed by atoms with van der Waals surface area (Å²) >= 11 is 0. The topological polar surface area (TPSA) is 69.3 Å². The molecule has 0 spiro atoms. The summed E-state index contributed by atoms with van der Waals surface area (Å²) < 4.78 is 28.7. The molecule has 0 saturated carbocycles. The van der Waals surface area contributed by atoms with Crippen LogP contribution in [0.1, 0.15) is 39.4 Å². The van der Waals surface area contributed by atoms with Gasteiger partial charge in [0.2, 0.25) is 10.0 Å². The molecule has 0 saturated heterocycles. The molecule has 30 heavy (non-hydrogen) atoms. The number of aromatic nitrogens is 2. The SMILES string of the molecule is C=C/C=C(\C=C/C)S(=O)(=O)N1Cc2ccccc2N(Cc2cnc[nH]2)C(CCC)C1.[HH]. The summed E-state index contributed by atoms with van der Waals surface area (Å²) in [6.07, 6.45) is 11.8. The maximum Gasteiger partial charge on any atom is 0.243 e. The number of fused-ring (bicyclic) bond motifs is 1. The zero-order valence-corrected chi connectivity index (χ0v) is 18.5. The van der Waals surface area contributed by atoms with Crippen molar-refractivity contribution in [1.82, 2.24) is 14.3 Å². The van der Waals surface area contributed by atoms with Gasteiger partial charge in [0.25, 0.3) is 0 Å². The van der Waals surface area contributed by atoms with Gasteiger partial charge in [0, 0.05) is 32.4 Å². The molecule has 1 atom stereocenters. The lowest BCUT2D eigenvalue weighted by Gasteiger charge is -2.33. The van der Waals surface area contributed by atoms with Gasteiger partial charge < -0.3 is 9.88 Å². The van der Waals surface area contributed by atoms with Crippen molar-refractivity contribution >= 4 is 15.7 Å². The van der Waals surface area contributed by atoms with Crippen LogP contribution in [0.2, 0.25) is 0 Å². The van der Waals surface area contributed by atoms with Gasteiger partial charge in [0.1, 0.15) is 0 Å². The minimum absolute atomic E-state index is 0. The van der Waals surface area contributed by atoms with Crippen molar-refractivity contribution < 1.29 is 9.84 Å². The Hall–Kier alpha value is -2.64. The molecule has 1 aromatic heterocycles. The quantitative estimate of drug-likeness (QED) is 0.623. The smallest absolute Gasteiger partial charge is 0.243 e. The van der Waals surface area contributed by atoms with Gasteiger partial charge >= 0.3 is 0 Å². The van der Waals surface area contributed by atoms with Gasteiger partial charge in [-0.15, -0.1) is 0 Å². The molecule has 2 aromatic rings. The van der Waals surface area contributed by atoms with Gasteiger partial charge in [-0.1, -0.05) is 50.3 Å². The van der Waals surface area contributed by atoms with E-state index < -0.39 is 10.0 Å². The average Bonchev–Trinajstić information content (AvgIpc) is 3.19. The number of anilines is 1. The normalized spacial score (nSPS) is 18.4. The van der Waals surface area contributed by atoms with Gasteiger partial charge in [-0.05, 0) is 37.1 Å². The van der Waals surface area contributed by atoms with E-state index in [0.717, 1.165) is 29.8 Å². The van der Waals surface area contributed by atoms with Crippen molar-refractivity contribution in [3.05, 3.63) is 83.8 Å². The number of aromatic amines is 1. The number of nitrogens with zero attached hydrogens (tertiary/aromatic N) is 3. The lowest BCUT2D eigenvalue weighted by atomic mass is 10.1. The molecule has 0 bridgehead atoms. The summed E-state index contributed by atoms with van der Waals surface area (Å²) in [5, 5.41) is 0. The highest BCUT2D eigenvalue weighted by molar-refractivity contribution is 7.93. The lowest BCUT2D eigenvalue weighted by Crippen LogP contribution is -2.43. The van der Waals surface area contributed by atoms with E-state index in [9.17, 15) is 8.42 Å². The standard InChI is InChI=1S/C23H30N4O2S.H2/c1-4-9-21-17-26(30(28,29)22(10-5-2)11-6-3)15-19-12-7-8-13-23(19)27(21)16-20-14-24-18-25-20;/h5-8,10-14,18,21H,2,4,9,15-17H2,1,3H3,(H,24,25);1H/b11-6-,22-10+;. The Labute approximate surface area is 181 Å². The molecule has 162 valence electrons. The van der Waals surface area contributed by atoms with Crippen LogP contribution in [0, 0.1) is 0 Å². The first-order valence-corrected chi connectivity index (χ1v) is 11.7. The highest BCUT2D eigenvalue weighted by Crippen LogP contribution is 2.33. The second kappa shape index (κ2) is 9.91. The summed E-state index contributed by atoms with van der Waals surface area (Å²) in [4.78, 5) is 9.89. The summed E-state index contributed by atoms with van der Waals surface area (Å²) in [5.74, 6) is 0. The van der Waals surface area contributed by atoms with Gasteiger partial charge in [-0.25, -0.2) is 13.4 Å². The zero-order valence-electron chi connectivity index (χ0n) is 17.7. The first kappa shape index (κ1) is 22.1. The van der Waals surface area contributed by atoms with Crippen LogP contribution in [-0.4, -0.2) is 35.3 Å². The van der Waals surface area contributed by atoms with Crippen molar-refractivity contribution in [2.75, 3.05) is 11.4 Å². The third-order valence-corrected chi connectivity index (χ3v) is 7.10. The number of H-pyrrole nitrogens is 1. The second-order valence-corrected chi connectivity index (χ2v) is 9.32. The molecule has 0 aliphatic carbocycles. The number of imidazole rings is 1. The molecule has 1 unspecified atom stereocenters. The van der Waals surface area contributed by atoms with Gasteiger partial charge in [-0.3, -0.25) is 0 Å². The second-order valence-electron chi connectivity index (χ2n) is 7.38. The van der Waals surface area contributed by atoms with Crippen LogP contribution in [0.5, 0.6) is 0 Å². The van der Waals surface area contributed by atoms with E-state index in [0.29, 0.717) is 19.6 Å². The van der Waals surface area contributed by atoms with Crippen LogP contribution >= 0.6 is 0 Å². The molecular formula is C23H32N4O2S. The Morgan fingerprint density at radius 1 is 1.40 bits per heavy atom. The van der Waals surface area contributed by atoms with E-state index in [1.165, 1.54) is 6.08 Å². The van der Waals surface area contributed by atoms with Crippen LogP contribution in [-0.2, 0) is 23.1 Å². The van der Waals surface area contributed by atoms with Gasteiger partial charge in [0.05, 0.1) is 23.5 Å². The number of hydrogen-bond donors (Lipinski definition) is 1. The summed E-state index contributed by atoms with van der Waals surface area (Å²) in [6.45, 7) is 9.04. The van der Waals surface area contributed by atoms with Crippen molar-refractivity contribution in [2.24, 2.45) is 0 Å². The van der Waals surface area contributed by atoms with Crippen molar-refractivity contribution in [3.8, 4) is 0 Å². The third-order valence-electron chi connectivity index (χ3n) is 5.27. The van der Waals surface area contributed by atoms with Crippen LogP contribution in [0.25, 0.3) is 0 Å². The summed E-state index contributed by atoms with van der Waals surface area (Å²) in [6, 6.07) is 8.11. The fourth-order valence-electron chi connectivity index (χ4n) is 3.90. The number of nitrogens with one attached hydrogen (secondary N) is 1. The Bertz CT molecular complexity index is 1020. The Balaban J connectivity index is 0.00000341. The first-order valence-electron chi connectivity index (χ1n) is 10.3. The van der Waals surface area contributed by atoms with Crippen LogP contribution in [0.15, 0.2) is 72.6 Å². The van der Waals surface area contributed by atoms with Crippen molar-refractivity contribution in [2.45, 2.75) is 45.8 Å². The summed E-state index contributed by atoms with van der Waals surface area (Å²) in [5.41, 5.74) is 3.07. The van der Waals surface area contributed by atoms with E-state index in [-0.39, 0.29) is 12.4 Å². The minimum Gasteiger partial charge on any atom is -0.361 e. The molecule has 3 rings (SSSR count). The number of benzene rings is 1. The highest BCUT2D eigenvalue weighted by atomic mass is 32.2. The molecule has 1 aliphatic rings. The van der Waals surface area contributed by atoms with E-state index in [2.05, 4.69) is 34.4 Å². The molecule has 1 aromatic carbocycles. The van der Waals surface area contributed by atoms with Crippen LogP contribution in [0.4, 0.5) is 5.69 Å². The van der Waals surface area contributed by atoms with E-state index in [1.54, 1.807) is 28.9 Å². The summed E-state index contributed by atoms with van der Waals surface area (Å²) in [7, 11) is -3.66. The largest absolute Gasteiger partial charge is 0.361 e. The predicted octanol–water partition coefficient (Wildman–Crippen LogP) is 4.62. The average molecular weight is 429 g/mol. The third kappa shape index (κ3) is 4.74. The monoisotopic (exact) mass is 428 g/mol. The Morgan fingerprint density at radius 2 is 2.20 bits per heavy atom. The van der Waals surface area contributed by atoms with Crippen molar-refractivity contribution in [3.63, 3.8) is 0 Å². The molecular weight excluding hydrogens is 396 g/mol. The molecule has 0 amide bonds. The van der Waals surface area contributed by atoms with Gasteiger partial charge in [0.15, 0.2) is 0 Å². The molecule has 6 nitrogen and oxygen atoms in total. The number of rotatable bonds is 8. The lowest BCUT2D eigenvalue weighted by molar-refractivity contribution is 0.372. The zero-order chi connectivity index (χ0) is 21.6. The molecule has 7 heteroatoms. The van der Waals surface area contributed by atoms with E-state index in [1.807, 2.05) is 31.3 Å². The maximum atomic E-state index is 13.5. The van der Waals surface area contributed by atoms with E-state index >= 15 is 0 Å². The van der Waals surface area contributed by atoms with E-state index in [4.69, 9.17) is 0 Å². The molecule has 1 aliphatic heterocycles. The minimum atomic E-state index is -3.66. The Kier molecular flexibility index (Phi) is 7.29. The number of para-hydroxylation sites is 1. The molecule has 0 radical (unpaired) electrons. The van der Waals surface area contributed by atoms with Crippen molar-refractivity contribution in [1.29, 1.82) is 0 Å². The fraction of sp³-hybridized carbons (Fsp3) is 0.348. The predicted molar refractivity (Wildman–Crippen MR) is 124 cm³/mol. The Morgan fingerprint density at radius 3 is 2.87 bits per heavy atom. The maximum absolute atomic E-state index is 13.5. The fourth-order valence-corrected chi connectivity index (χ4v) is 5.45. The number of sulfonamides is 1. The first-order chi connectivity index (χ1) is 14.5. The van der Waals surface area contributed by atoms with Crippen LogP contribution < -0.4 is 4.90 Å². The highest BCUT2D eigenvalue weighted by Gasteiger charge is 2.34. The van der Waals surface area contributed by atoms with Gasteiger partial charge in [-0.2, -0.15) is 4.31 Å². The molecule has 1 N–H and O–H groups in total. The molecule has 2 heterocycles. The number of hydrogen-bond acceptors (Lipinski definition) is 4. The number of allylic oxidation sites excluding steroid dienone is 4. The molecule has 0 fully saturated rings.